The predicted molar refractivity (Wildman–Crippen MR) is 38.9 cm³/mol. The van der Waals surface area contributed by atoms with Gasteiger partial charge in [-0.05, 0) is 19.8 Å². The highest BCUT2D eigenvalue weighted by molar-refractivity contribution is 5.81. The SMILES string of the molecule is CC(F)CCCNC(=O)C(F)(F)F. The first-order valence-corrected chi connectivity index (χ1v) is 3.83. The first-order valence-electron chi connectivity index (χ1n) is 3.83. The number of hydrogen-bond donors (Lipinski definition) is 1. The Bertz CT molecular complexity index is 166. The minimum absolute atomic E-state index is 0.146. The van der Waals surface area contributed by atoms with Crippen molar-refractivity contribution in [2.75, 3.05) is 6.54 Å². The molecule has 78 valence electrons. The van der Waals surface area contributed by atoms with Crippen molar-refractivity contribution in [1.29, 1.82) is 0 Å². The van der Waals surface area contributed by atoms with Crippen molar-refractivity contribution in [3.8, 4) is 0 Å². The van der Waals surface area contributed by atoms with Crippen molar-refractivity contribution in [2.24, 2.45) is 0 Å². The van der Waals surface area contributed by atoms with Crippen LogP contribution in [-0.2, 0) is 4.79 Å². The van der Waals surface area contributed by atoms with Crippen LogP contribution in [0.4, 0.5) is 17.6 Å². The number of carbonyl (C=O) groups excluding carboxylic acids is 1. The molecule has 0 spiro atoms. The van der Waals surface area contributed by atoms with Gasteiger partial charge in [-0.2, -0.15) is 13.2 Å². The molecule has 0 radical (unpaired) electrons. The maximum atomic E-state index is 12.1. The van der Waals surface area contributed by atoms with Crippen LogP contribution in [0.5, 0.6) is 0 Å². The molecule has 0 aromatic rings. The van der Waals surface area contributed by atoms with E-state index < -0.39 is 18.3 Å². The third-order valence-electron chi connectivity index (χ3n) is 1.32. The van der Waals surface area contributed by atoms with Gasteiger partial charge in [0.05, 0.1) is 6.17 Å². The average Bonchev–Trinajstić information content (AvgIpc) is 1.95. The number of hydrogen-bond acceptors (Lipinski definition) is 1. The standard InChI is InChI=1S/C7H11F4NO/c1-5(8)3-2-4-12-6(13)7(9,10)11/h5H,2-4H2,1H3,(H,12,13). The topological polar surface area (TPSA) is 29.1 Å². The van der Waals surface area contributed by atoms with Gasteiger partial charge < -0.3 is 5.32 Å². The van der Waals surface area contributed by atoms with Crippen LogP contribution in [0, 0.1) is 0 Å². The number of rotatable bonds is 4. The van der Waals surface area contributed by atoms with Gasteiger partial charge in [0, 0.05) is 6.54 Å². The Kier molecular flexibility index (Phi) is 4.72. The molecule has 0 aliphatic carbocycles. The van der Waals surface area contributed by atoms with E-state index in [2.05, 4.69) is 0 Å². The van der Waals surface area contributed by atoms with Gasteiger partial charge in [-0.15, -0.1) is 0 Å². The monoisotopic (exact) mass is 201 g/mol. The molecule has 1 N–H and O–H groups in total. The predicted octanol–water partition coefficient (Wildman–Crippen LogP) is 1.80. The largest absolute Gasteiger partial charge is 0.471 e. The summed E-state index contributed by atoms with van der Waals surface area (Å²) in [5.41, 5.74) is 0. The molecule has 6 heteroatoms. The summed E-state index contributed by atoms with van der Waals surface area (Å²) in [6, 6.07) is 0. The molecule has 1 amide bonds. The zero-order valence-electron chi connectivity index (χ0n) is 7.12. The number of amides is 1. The van der Waals surface area contributed by atoms with Crippen LogP contribution in [0.2, 0.25) is 0 Å². The Labute approximate surface area is 73.3 Å². The highest BCUT2D eigenvalue weighted by Crippen LogP contribution is 2.13. The maximum absolute atomic E-state index is 12.1. The van der Waals surface area contributed by atoms with Crippen LogP contribution in [0.15, 0.2) is 0 Å². The van der Waals surface area contributed by atoms with E-state index in [1.54, 1.807) is 5.32 Å². The highest BCUT2D eigenvalue weighted by atomic mass is 19.4. The van der Waals surface area contributed by atoms with Gasteiger partial charge in [0.2, 0.25) is 0 Å². The molecular formula is C7H11F4NO. The van der Waals surface area contributed by atoms with Gasteiger partial charge in [-0.1, -0.05) is 0 Å². The van der Waals surface area contributed by atoms with Crippen LogP contribution in [-0.4, -0.2) is 24.8 Å². The quantitative estimate of drug-likeness (QED) is 0.545. The van der Waals surface area contributed by atoms with Gasteiger partial charge in [-0.3, -0.25) is 4.79 Å². The van der Waals surface area contributed by atoms with Crippen LogP contribution >= 0.6 is 0 Å². The Balaban J connectivity index is 3.49. The smallest absolute Gasteiger partial charge is 0.348 e. The second-order valence-electron chi connectivity index (χ2n) is 2.68. The molecule has 1 unspecified atom stereocenters. The lowest BCUT2D eigenvalue weighted by Crippen LogP contribution is -2.37. The van der Waals surface area contributed by atoms with Crippen molar-refractivity contribution in [3.05, 3.63) is 0 Å². The van der Waals surface area contributed by atoms with Crippen LogP contribution in [0.25, 0.3) is 0 Å². The van der Waals surface area contributed by atoms with Gasteiger partial charge in [0.1, 0.15) is 0 Å². The summed E-state index contributed by atoms with van der Waals surface area (Å²) in [5.74, 6) is -1.97. The van der Waals surface area contributed by atoms with E-state index in [-0.39, 0.29) is 19.4 Å². The summed E-state index contributed by atoms with van der Waals surface area (Å²) in [7, 11) is 0. The van der Waals surface area contributed by atoms with Gasteiger partial charge in [0.15, 0.2) is 0 Å². The Hall–Kier alpha value is -0.810. The molecule has 0 fully saturated rings. The molecular weight excluding hydrogens is 190 g/mol. The Morgan fingerprint density at radius 1 is 1.46 bits per heavy atom. The summed E-state index contributed by atoms with van der Waals surface area (Å²) in [6.07, 6.45) is -5.54. The number of carbonyl (C=O) groups is 1. The Morgan fingerprint density at radius 2 is 2.00 bits per heavy atom. The van der Waals surface area contributed by atoms with Gasteiger partial charge >= 0.3 is 12.1 Å². The molecule has 0 bridgehead atoms. The van der Waals surface area contributed by atoms with Gasteiger partial charge in [-0.25, -0.2) is 4.39 Å². The van der Waals surface area contributed by atoms with Crippen molar-refractivity contribution in [3.63, 3.8) is 0 Å². The Morgan fingerprint density at radius 3 is 2.38 bits per heavy atom. The first-order chi connectivity index (χ1) is 5.84. The van der Waals surface area contributed by atoms with Crippen LogP contribution in [0.1, 0.15) is 19.8 Å². The molecule has 0 rings (SSSR count). The van der Waals surface area contributed by atoms with E-state index in [0.717, 1.165) is 0 Å². The summed E-state index contributed by atoms with van der Waals surface area (Å²) in [4.78, 5) is 10.2. The van der Waals surface area contributed by atoms with E-state index >= 15 is 0 Å². The minimum Gasteiger partial charge on any atom is -0.348 e. The molecule has 0 heterocycles. The lowest BCUT2D eigenvalue weighted by Gasteiger charge is -2.07. The summed E-state index contributed by atoms with van der Waals surface area (Å²) in [6.45, 7) is 1.16. The second-order valence-corrected chi connectivity index (χ2v) is 2.68. The molecule has 0 aromatic heterocycles. The second kappa shape index (κ2) is 5.04. The molecule has 0 saturated heterocycles. The molecule has 1 atom stereocenters. The molecule has 0 aliphatic rings. The van der Waals surface area contributed by atoms with Crippen molar-refractivity contribution in [2.45, 2.75) is 32.1 Å². The van der Waals surface area contributed by atoms with E-state index in [4.69, 9.17) is 0 Å². The highest BCUT2D eigenvalue weighted by Gasteiger charge is 2.38. The van der Waals surface area contributed by atoms with Crippen LogP contribution in [0.3, 0.4) is 0 Å². The van der Waals surface area contributed by atoms with Crippen molar-refractivity contribution >= 4 is 5.91 Å². The summed E-state index contributed by atoms with van der Waals surface area (Å²) >= 11 is 0. The third kappa shape index (κ3) is 6.36. The molecule has 13 heavy (non-hydrogen) atoms. The summed E-state index contributed by atoms with van der Waals surface area (Å²) < 4.78 is 46.8. The number of halogens is 4. The lowest BCUT2D eigenvalue weighted by atomic mass is 10.2. The molecule has 0 saturated carbocycles. The van der Waals surface area contributed by atoms with Crippen molar-refractivity contribution in [1.82, 2.24) is 5.32 Å². The maximum Gasteiger partial charge on any atom is 0.471 e. The fraction of sp³-hybridized carbons (Fsp3) is 0.857. The van der Waals surface area contributed by atoms with Gasteiger partial charge in [0.25, 0.3) is 0 Å². The normalized spacial score (nSPS) is 13.9. The fourth-order valence-electron chi connectivity index (χ4n) is 0.685. The average molecular weight is 201 g/mol. The third-order valence-corrected chi connectivity index (χ3v) is 1.32. The fourth-order valence-corrected chi connectivity index (χ4v) is 0.685. The van der Waals surface area contributed by atoms with Crippen molar-refractivity contribution < 1.29 is 22.4 Å². The summed E-state index contributed by atoms with van der Waals surface area (Å²) in [5, 5.41) is 1.65. The lowest BCUT2D eigenvalue weighted by molar-refractivity contribution is -0.173. The number of alkyl halides is 4. The zero-order valence-corrected chi connectivity index (χ0v) is 7.12. The zero-order chi connectivity index (χ0) is 10.5. The minimum atomic E-state index is -4.85. The molecule has 0 aromatic carbocycles. The first kappa shape index (κ1) is 12.2. The van der Waals surface area contributed by atoms with E-state index in [0.29, 0.717) is 0 Å². The molecule has 2 nitrogen and oxygen atoms in total. The van der Waals surface area contributed by atoms with E-state index in [9.17, 15) is 22.4 Å². The molecule has 0 aliphatic heterocycles. The van der Waals surface area contributed by atoms with Crippen LogP contribution < -0.4 is 5.32 Å². The van der Waals surface area contributed by atoms with E-state index in [1.807, 2.05) is 0 Å². The number of nitrogens with one attached hydrogen (secondary N) is 1. The van der Waals surface area contributed by atoms with E-state index in [1.165, 1.54) is 6.92 Å².